The van der Waals surface area contributed by atoms with Crippen LogP contribution in [0.5, 0.6) is 0 Å². The van der Waals surface area contributed by atoms with Crippen molar-refractivity contribution in [3.05, 3.63) is 24.2 Å². The van der Waals surface area contributed by atoms with Crippen LogP contribution in [0.1, 0.15) is 19.6 Å². The van der Waals surface area contributed by atoms with Crippen LogP contribution in [0.25, 0.3) is 0 Å². The molecule has 1 unspecified atom stereocenters. The largest absolute Gasteiger partial charge is 0.469 e. The second kappa shape index (κ2) is 9.69. The highest BCUT2D eigenvalue weighted by molar-refractivity contribution is 5.79. The van der Waals surface area contributed by atoms with Gasteiger partial charge in [0.05, 0.1) is 6.26 Å². The second-order valence-electron chi connectivity index (χ2n) is 6.86. The van der Waals surface area contributed by atoms with Crippen LogP contribution >= 0.6 is 0 Å². The maximum Gasteiger partial charge on any atom is 0.191 e. The Kier molecular flexibility index (Phi) is 7.59. The zero-order valence-electron chi connectivity index (χ0n) is 15.6. The Hall–Kier alpha value is -1.53. The van der Waals surface area contributed by atoms with E-state index in [1.165, 1.54) is 0 Å². The van der Waals surface area contributed by atoms with Crippen LogP contribution in [-0.2, 0) is 6.42 Å². The van der Waals surface area contributed by atoms with Gasteiger partial charge in [-0.15, -0.1) is 0 Å². The van der Waals surface area contributed by atoms with Crippen molar-refractivity contribution in [3.8, 4) is 0 Å². The molecule has 1 fully saturated rings. The predicted molar refractivity (Wildman–Crippen MR) is 99.5 cm³/mol. The fourth-order valence-electron chi connectivity index (χ4n) is 3.12. The average Bonchev–Trinajstić information content (AvgIpc) is 3.08. The molecule has 136 valence electrons. The lowest BCUT2D eigenvalue weighted by molar-refractivity contribution is 0.0900. The van der Waals surface area contributed by atoms with Gasteiger partial charge in [-0.2, -0.15) is 0 Å². The number of piperazine rings is 1. The summed E-state index contributed by atoms with van der Waals surface area (Å²) in [6.07, 6.45) is 2.57. The summed E-state index contributed by atoms with van der Waals surface area (Å²) in [5, 5.41) is 6.86. The van der Waals surface area contributed by atoms with Crippen molar-refractivity contribution in [2.24, 2.45) is 10.9 Å². The second-order valence-corrected chi connectivity index (χ2v) is 6.86. The fraction of sp³-hybridized carbons (Fsp3) is 0.722. The first-order chi connectivity index (χ1) is 11.6. The molecule has 1 atom stereocenters. The van der Waals surface area contributed by atoms with Gasteiger partial charge in [0, 0.05) is 58.8 Å². The molecule has 24 heavy (non-hydrogen) atoms. The standard InChI is InChI=1S/C18H33N5O/c1-15(2)17(23-11-9-22(4)10-12-23)14-21-18(19-3)20-8-7-16-6-5-13-24-16/h5-6,13,15,17H,7-12,14H2,1-4H3,(H2,19,20,21). The van der Waals surface area contributed by atoms with E-state index in [1.807, 2.05) is 19.2 Å². The summed E-state index contributed by atoms with van der Waals surface area (Å²) in [6.45, 7) is 10.9. The van der Waals surface area contributed by atoms with Gasteiger partial charge in [-0.25, -0.2) is 0 Å². The first-order valence-corrected chi connectivity index (χ1v) is 8.99. The van der Waals surface area contributed by atoms with Gasteiger partial charge < -0.3 is 20.0 Å². The SMILES string of the molecule is CN=C(NCCc1ccco1)NCC(C(C)C)N1CCN(C)CC1. The number of likely N-dealkylation sites (N-methyl/N-ethyl adjacent to an activating group) is 1. The van der Waals surface area contributed by atoms with Crippen LogP contribution in [0.2, 0.25) is 0 Å². The summed E-state index contributed by atoms with van der Waals surface area (Å²) in [4.78, 5) is 9.34. The van der Waals surface area contributed by atoms with Crippen molar-refractivity contribution in [2.45, 2.75) is 26.3 Å². The van der Waals surface area contributed by atoms with E-state index in [4.69, 9.17) is 4.42 Å². The Balaban J connectivity index is 1.76. The summed E-state index contributed by atoms with van der Waals surface area (Å²) in [5.74, 6) is 2.47. The van der Waals surface area contributed by atoms with E-state index in [1.54, 1.807) is 6.26 Å². The fourth-order valence-corrected chi connectivity index (χ4v) is 3.12. The molecule has 0 aromatic carbocycles. The topological polar surface area (TPSA) is 56.0 Å². The number of furan rings is 1. The summed E-state index contributed by atoms with van der Waals surface area (Å²) >= 11 is 0. The van der Waals surface area contributed by atoms with Crippen molar-refractivity contribution in [1.29, 1.82) is 0 Å². The van der Waals surface area contributed by atoms with Gasteiger partial charge in [0.2, 0.25) is 0 Å². The lowest BCUT2D eigenvalue weighted by Gasteiger charge is -2.40. The van der Waals surface area contributed by atoms with Crippen LogP contribution < -0.4 is 10.6 Å². The van der Waals surface area contributed by atoms with Crippen LogP contribution in [0.4, 0.5) is 0 Å². The Morgan fingerprint density at radius 1 is 1.25 bits per heavy atom. The highest BCUT2D eigenvalue weighted by atomic mass is 16.3. The number of hydrogen-bond acceptors (Lipinski definition) is 4. The maximum atomic E-state index is 5.36. The molecule has 2 N–H and O–H groups in total. The Morgan fingerprint density at radius 3 is 2.58 bits per heavy atom. The molecule has 6 heteroatoms. The van der Waals surface area contributed by atoms with Crippen molar-refractivity contribution in [3.63, 3.8) is 0 Å². The molecule has 0 radical (unpaired) electrons. The molecule has 0 aliphatic carbocycles. The van der Waals surface area contributed by atoms with Crippen LogP contribution in [-0.4, -0.2) is 75.2 Å². The molecule has 2 heterocycles. The number of aliphatic imine (C=N–C) groups is 1. The van der Waals surface area contributed by atoms with Gasteiger partial charge in [0.15, 0.2) is 5.96 Å². The van der Waals surface area contributed by atoms with E-state index in [0.717, 1.165) is 57.4 Å². The molecular formula is C18H33N5O. The quantitative estimate of drug-likeness (QED) is 0.580. The van der Waals surface area contributed by atoms with E-state index in [0.29, 0.717) is 12.0 Å². The first kappa shape index (κ1) is 18.8. The van der Waals surface area contributed by atoms with E-state index in [9.17, 15) is 0 Å². The monoisotopic (exact) mass is 335 g/mol. The lowest BCUT2D eigenvalue weighted by atomic mass is 10.0. The highest BCUT2D eigenvalue weighted by Gasteiger charge is 2.24. The third-order valence-electron chi connectivity index (χ3n) is 4.72. The van der Waals surface area contributed by atoms with E-state index in [2.05, 4.69) is 46.3 Å². The average molecular weight is 335 g/mol. The van der Waals surface area contributed by atoms with Gasteiger partial charge in [-0.05, 0) is 25.1 Å². The van der Waals surface area contributed by atoms with E-state index < -0.39 is 0 Å². The minimum atomic E-state index is 0.530. The van der Waals surface area contributed by atoms with Crippen LogP contribution in [0.15, 0.2) is 27.8 Å². The number of nitrogens with zero attached hydrogens (tertiary/aromatic N) is 3. The molecule has 2 rings (SSSR count). The van der Waals surface area contributed by atoms with Crippen LogP contribution in [0.3, 0.4) is 0 Å². The van der Waals surface area contributed by atoms with Gasteiger partial charge in [-0.1, -0.05) is 13.8 Å². The highest BCUT2D eigenvalue weighted by Crippen LogP contribution is 2.12. The normalized spacial score (nSPS) is 18.8. The van der Waals surface area contributed by atoms with Gasteiger partial charge in [0.1, 0.15) is 5.76 Å². The smallest absolute Gasteiger partial charge is 0.191 e. The molecular weight excluding hydrogens is 302 g/mol. The molecule has 6 nitrogen and oxygen atoms in total. The molecule has 0 bridgehead atoms. The Labute approximate surface area is 146 Å². The molecule has 1 aliphatic heterocycles. The van der Waals surface area contributed by atoms with Crippen molar-refractivity contribution >= 4 is 5.96 Å². The molecule has 0 amide bonds. The van der Waals surface area contributed by atoms with Crippen molar-refractivity contribution in [2.75, 3.05) is 53.4 Å². The van der Waals surface area contributed by atoms with Crippen molar-refractivity contribution in [1.82, 2.24) is 20.4 Å². The third kappa shape index (κ3) is 5.83. The molecule has 1 aromatic rings. The lowest BCUT2D eigenvalue weighted by Crippen LogP contribution is -2.55. The maximum absolute atomic E-state index is 5.36. The van der Waals surface area contributed by atoms with Gasteiger partial charge in [0.25, 0.3) is 0 Å². The van der Waals surface area contributed by atoms with Crippen molar-refractivity contribution < 1.29 is 4.42 Å². The minimum absolute atomic E-state index is 0.530. The zero-order valence-corrected chi connectivity index (χ0v) is 15.6. The Morgan fingerprint density at radius 2 is 2.00 bits per heavy atom. The van der Waals surface area contributed by atoms with Crippen LogP contribution in [0, 0.1) is 5.92 Å². The third-order valence-corrected chi connectivity index (χ3v) is 4.72. The molecule has 0 saturated carbocycles. The molecule has 1 aromatic heterocycles. The Bertz CT molecular complexity index is 478. The van der Waals surface area contributed by atoms with Gasteiger partial charge >= 0.3 is 0 Å². The number of hydrogen-bond donors (Lipinski definition) is 2. The van der Waals surface area contributed by atoms with Gasteiger partial charge in [-0.3, -0.25) is 9.89 Å². The molecule has 0 spiro atoms. The summed E-state index contributed by atoms with van der Waals surface area (Å²) < 4.78 is 5.36. The van der Waals surface area contributed by atoms with E-state index >= 15 is 0 Å². The summed E-state index contributed by atoms with van der Waals surface area (Å²) in [6, 6.07) is 4.45. The summed E-state index contributed by atoms with van der Waals surface area (Å²) in [5.41, 5.74) is 0. The summed E-state index contributed by atoms with van der Waals surface area (Å²) in [7, 11) is 4.02. The van der Waals surface area contributed by atoms with E-state index in [-0.39, 0.29) is 0 Å². The first-order valence-electron chi connectivity index (χ1n) is 8.99. The number of guanidine groups is 1. The number of rotatable bonds is 7. The predicted octanol–water partition coefficient (Wildman–Crippen LogP) is 1.26. The molecule has 1 aliphatic rings. The number of nitrogens with one attached hydrogen (secondary N) is 2. The molecule has 1 saturated heterocycles. The minimum Gasteiger partial charge on any atom is -0.469 e. The zero-order chi connectivity index (χ0) is 17.4.